The highest BCUT2D eigenvalue weighted by Crippen LogP contribution is 2.17. The smallest absolute Gasteiger partial charge is 0.171 e. The average Bonchev–Trinajstić information content (AvgIpc) is 2.66. The fourth-order valence-electron chi connectivity index (χ4n) is 3.63. The molecule has 3 rings (SSSR count). The third-order valence-electron chi connectivity index (χ3n) is 5.41. The van der Waals surface area contributed by atoms with Gasteiger partial charge in [0, 0.05) is 17.8 Å². The van der Waals surface area contributed by atoms with Crippen LogP contribution in [-0.2, 0) is 13.1 Å². The van der Waals surface area contributed by atoms with E-state index in [2.05, 4.69) is 66.9 Å². The minimum Gasteiger partial charge on any atom is -0.358 e. The molecule has 4 heteroatoms. The molecule has 1 saturated heterocycles. The predicted molar refractivity (Wildman–Crippen MR) is 114 cm³/mol. The van der Waals surface area contributed by atoms with Crippen LogP contribution in [0.25, 0.3) is 0 Å². The Labute approximate surface area is 162 Å². The summed E-state index contributed by atoms with van der Waals surface area (Å²) in [6.45, 7) is 8.73. The van der Waals surface area contributed by atoms with Crippen molar-refractivity contribution in [1.82, 2.24) is 5.32 Å². The van der Waals surface area contributed by atoms with Crippen LogP contribution >= 0.6 is 12.2 Å². The van der Waals surface area contributed by atoms with Crippen molar-refractivity contribution in [3.8, 4) is 0 Å². The average molecular weight is 369 g/mol. The molecule has 0 aromatic heterocycles. The van der Waals surface area contributed by atoms with Crippen LogP contribution < -0.4 is 15.5 Å². The Bertz CT molecular complexity index is 751. The Kier molecular flexibility index (Phi) is 6.64. The molecule has 138 valence electrons. The van der Waals surface area contributed by atoms with Crippen LogP contribution in [0, 0.1) is 13.8 Å². The maximum absolute atomic E-state index is 5.52. The van der Waals surface area contributed by atoms with E-state index in [0.717, 1.165) is 18.8 Å². The summed E-state index contributed by atoms with van der Waals surface area (Å²) in [4.78, 5) is 1.71. The number of piperidine rings is 1. The van der Waals surface area contributed by atoms with Crippen molar-refractivity contribution in [2.24, 2.45) is 0 Å². The van der Waals surface area contributed by atoms with E-state index in [1.807, 2.05) is 0 Å². The van der Waals surface area contributed by atoms with E-state index in [4.69, 9.17) is 12.2 Å². The lowest BCUT2D eigenvalue weighted by Gasteiger charge is -2.24. The molecule has 0 aliphatic carbocycles. The number of anilines is 1. The monoisotopic (exact) mass is 368 g/mol. The quantitative estimate of drug-likeness (QED) is 0.707. The largest absolute Gasteiger partial charge is 0.358 e. The lowest BCUT2D eigenvalue weighted by atomic mass is 10.0. The van der Waals surface area contributed by atoms with Crippen molar-refractivity contribution in [2.45, 2.75) is 46.2 Å². The van der Waals surface area contributed by atoms with Crippen molar-refractivity contribution in [2.75, 3.05) is 18.4 Å². The van der Waals surface area contributed by atoms with Crippen molar-refractivity contribution in [3.63, 3.8) is 0 Å². The molecular formula is C22H30N3S+. The summed E-state index contributed by atoms with van der Waals surface area (Å²) in [5, 5.41) is 7.40. The van der Waals surface area contributed by atoms with Crippen molar-refractivity contribution in [1.29, 1.82) is 0 Å². The van der Waals surface area contributed by atoms with Crippen LogP contribution in [0.1, 0.15) is 41.5 Å². The van der Waals surface area contributed by atoms with Gasteiger partial charge in [-0.1, -0.05) is 36.4 Å². The minimum absolute atomic E-state index is 0.679. The Morgan fingerprint density at radius 2 is 1.69 bits per heavy atom. The van der Waals surface area contributed by atoms with E-state index in [1.165, 1.54) is 54.6 Å². The second-order valence-electron chi connectivity index (χ2n) is 7.31. The van der Waals surface area contributed by atoms with Crippen molar-refractivity contribution >= 4 is 23.0 Å². The number of quaternary nitrogens is 1. The molecular weight excluding hydrogens is 338 g/mol. The molecule has 0 unspecified atom stereocenters. The van der Waals surface area contributed by atoms with Gasteiger partial charge >= 0.3 is 0 Å². The van der Waals surface area contributed by atoms with Gasteiger partial charge in [0.05, 0.1) is 13.1 Å². The molecule has 2 aromatic carbocycles. The van der Waals surface area contributed by atoms with Gasteiger partial charge in [-0.25, -0.2) is 0 Å². The number of hydrogen-bond donors (Lipinski definition) is 3. The van der Waals surface area contributed by atoms with E-state index in [1.54, 1.807) is 4.90 Å². The fourth-order valence-corrected chi connectivity index (χ4v) is 3.81. The van der Waals surface area contributed by atoms with Crippen LogP contribution in [0.4, 0.5) is 5.69 Å². The number of likely N-dealkylation sites (tertiary alicyclic amines) is 1. The van der Waals surface area contributed by atoms with Crippen LogP contribution in [0.15, 0.2) is 42.5 Å². The molecule has 3 nitrogen and oxygen atoms in total. The first kappa shape index (κ1) is 18.9. The molecule has 0 spiro atoms. The number of hydrogen-bond acceptors (Lipinski definition) is 1. The van der Waals surface area contributed by atoms with Gasteiger partial charge in [0.2, 0.25) is 0 Å². The molecule has 0 amide bonds. The van der Waals surface area contributed by atoms with Crippen LogP contribution in [0.3, 0.4) is 0 Å². The Hall–Kier alpha value is -1.91. The van der Waals surface area contributed by atoms with E-state index < -0.39 is 0 Å². The third kappa shape index (κ3) is 5.05. The Morgan fingerprint density at radius 3 is 2.46 bits per heavy atom. The second-order valence-corrected chi connectivity index (χ2v) is 7.72. The Morgan fingerprint density at radius 1 is 0.962 bits per heavy atom. The highest BCUT2D eigenvalue weighted by atomic mass is 32.1. The van der Waals surface area contributed by atoms with Gasteiger partial charge in [-0.2, -0.15) is 0 Å². The molecule has 0 saturated carbocycles. The zero-order valence-electron chi connectivity index (χ0n) is 15.9. The number of rotatable bonds is 5. The number of nitrogens with one attached hydrogen (secondary N) is 3. The second kappa shape index (κ2) is 9.15. The highest BCUT2D eigenvalue weighted by molar-refractivity contribution is 7.80. The zero-order valence-corrected chi connectivity index (χ0v) is 16.7. The van der Waals surface area contributed by atoms with Gasteiger partial charge in [0.1, 0.15) is 6.54 Å². The van der Waals surface area contributed by atoms with E-state index >= 15 is 0 Å². The molecule has 0 radical (unpaired) electrons. The zero-order chi connectivity index (χ0) is 18.4. The molecule has 1 heterocycles. The molecule has 1 fully saturated rings. The van der Waals surface area contributed by atoms with Gasteiger partial charge < -0.3 is 15.5 Å². The van der Waals surface area contributed by atoms with E-state index in [0.29, 0.717) is 5.11 Å². The summed E-state index contributed by atoms with van der Waals surface area (Å²) < 4.78 is 0. The molecule has 1 aliphatic heterocycles. The van der Waals surface area contributed by atoms with Gasteiger partial charge in [-0.05, 0) is 68.1 Å². The van der Waals surface area contributed by atoms with Crippen LogP contribution in [-0.4, -0.2) is 18.2 Å². The molecule has 1 aliphatic rings. The van der Waals surface area contributed by atoms with E-state index in [9.17, 15) is 0 Å². The topological polar surface area (TPSA) is 28.5 Å². The van der Waals surface area contributed by atoms with Crippen molar-refractivity contribution < 1.29 is 4.90 Å². The summed E-state index contributed by atoms with van der Waals surface area (Å²) in [5.41, 5.74) is 6.37. The maximum Gasteiger partial charge on any atom is 0.171 e. The summed E-state index contributed by atoms with van der Waals surface area (Å²) >= 11 is 5.52. The predicted octanol–water partition coefficient (Wildman–Crippen LogP) is 3.36. The fraction of sp³-hybridized carbons (Fsp3) is 0.409. The molecule has 2 aromatic rings. The Balaban J connectivity index is 1.58. The van der Waals surface area contributed by atoms with Gasteiger partial charge in [-0.3, -0.25) is 0 Å². The first-order chi connectivity index (χ1) is 12.6. The number of aryl methyl sites for hydroxylation is 1. The van der Waals surface area contributed by atoms with E-state index in [-0.39, 0.29) is 0 Å². The first-order valence-electron chi connectivity index (χ1n) is 9.65. The first-order valence-corrected chi connectivity index (χ1v) is 10.1. The standard InChI is InChI=1S/C22H29N3S/c1-17-9-8-12-21(18(17)2)24-22(26)23-15-19-10-4-5-11-20(19)16-25-13-6-3-7-14-25/h4-5,8-12H,3,6-7,13-16H2,1-2H3,(H2,23,24,26)/p+1. The molecule has 0 bridgehead atoms. The SMILES string of the molecule is Cc1cccc(NC(=S)NCc2ccccc2C[NH+]2CCCCC2)c1C. The van der Waals surface area contributed by atoms with Gasteiger partial charge in [-0.15, -0.1) is 0 Å². The maximum atomic E-state index is 5.52. The minimum atomic E-state index is 0.679. The lowest BCUT2D eigenvalue weighted by Crippen LogP contribution is -3.11. The molecule has 26 heavy (non-hydrogen) atoms. The lowest BCUT2D eigenvalue weighted by molar-refractivity contribution is -0.918. The van der Waals surface area contributed by atoms with Crippen molar-refractivity contribution in [3.05, 3.63) is 64.7 Å². The normalized spacial score (nSPS) is 14.8. The number of thiocarbonyl (C=S) groups is 1. The molecule has 3 N–H and O–H groups in total. The number of benzene rings is 2. The summed E-state index contributed by atoms with van der Waals surface area (Å²) in [6.07, 6.45) is 4.12. The summed E-state index contributed by atoms with van der Waals surface area (Å²) in [5.74, 6) is 0. The van der Waals surface area contributed by atoms with Gasteiger partial charge in [0.25, 0.3) is 0 Å². The molecule has 0 atom stereocenters. The van der Waals surface area contributed by atoms with Gasteiger partial charge in [0.15, 0.2) is 5.11 Å². The highest BCUT2D eigenvalue weighted by Gasteiger charge is 2.15. The summed E-state index contributed by atoms with van der Waals surface area (Å²) in [6, 6.07) is 15.0. The van der Waals surface area contributed by atoms with Crippen LogP contribution in [0.5, 0.6) is 0 Å². The summed E-state index contributed by atoms with van der Waals surface area (Å²) in [7, 11) is 0. The van der Waals surface area contributed by atoms with Crippen LogP contribution in [0.2, 0.25) is 0 Å². The third-order valence-corrected chi connectivity index (χ3v) is 5.66.